The molecule has 3 aromatic rings. The molecule has 5 nitrogen and oxygen atoms in total. The van der Waals surface area contributed by atoms with E-state index in [1.54, 1.807) is 0 Å². The van der Waals surface area contributed by atoms with Gasteiger partial charge in [0.2, 0.25) is 0 Å². The van der Waals surface area contributed by atoms with Crippen molar-refractivity contribution in [2.45, 2.75) is 25.1 Å². The molecule has 0 fully saturated rings. The summed E-state index contributed by atoms with van der Waals surface area (Å²) in [6.07, 6.45) is 0.360. The van der Waals surface area contributed by atoms with Gasteiger partial charge in [0.15, 0.2) is 11.6 Å². The van der Waals surface area contributed by atoms with Crippen LogP contribution in [0.5, 0.6) is 5.75 Å². The summed E-state index contributed by atoms with van der Waals surface area (Å²) < 4.78 is 46.8. The van der Waals surface area contributed by atoms with Gasteiger partial charge < -0.3 is 14.6 Å². The van der Waals surface area contributed by atoms with Gasteiger partial charge in [-0.25, -0.2) is 9.37 Å². The maximum Gasteiger partial charge on any atom is 0.387 e. The number of nitrogens with zero attached hydrogens (tertiary/aromatic N) is 2. The van der Waals surface area contributed by atoms with Crippen LogP contribution in [0.1, 0.15) is 40.3 Å². The highest BCUT2D eigenvalue weighted by molar-refractivity contribution is 6.32. The third-order valence-corrected chi connectivity index (χ3v) is 5.29. The third-order valence-electron chi connectivity index (χ3n) is 5.01. The quantitative estimate of drug-likeness (QED) is 0.709. The van der Waals surface area contributed by atoms with E-state index in [-0.39, 0.29) is 16.1 Å². The lowest BCUT2D eigenvalue weighted by Gasteiger charge is -2.21. The van der Waals surface area contributed by atoms with Crippen molar-refractivity contribution in [2.24, 2.45) is 0 Å². The van der Waals surface area contributed by atoms with Crippen LogP contribution in [0.4, 0.5) is 13.2 Å². The van der Waals surface area contributed by atoms with Crippen LogP contribution in [0.2, 0.25) is 5.02 Å². The van der Waals surface area contributed by atoms with Crippen molar-refractivity contribution < 1.29 is 22.7 Å². The molecule has 0 saturated carbocycles. The predicted molar refractivity (Wildman–Crippen MR) is 90.7 cm³/mol. The number of hydrogen-bond donors (Lipinski definition) is 1. The first-order valence-electron chi connectivity index (χ1n) is 8.20. The molecule has 9 heteroatoms. The average molecular weight is 394 g/mol. The molecule has 138 valence electrons. The minimum Gasteiger partial charge on any atom is -0.430 e. The largest absolute Gasteiger partial charge is 0.430 e. The van der Waals surface area contributed by atoms with E-state index in [0.717, 1.165) is 5.52 Å². The van der Waals surface area contributed by atoms with Crippen LogP contribution >= 0.6 is 11.6 Å². The number of alkyl halides is 2. The van der Waals surface area contributed by atoms with E-state index < -0.39 is 36.2 Å². The van der Waals surface area contributed by atoms with E-state index in [9.17, 15) is 13.6 Å². The van der Waals surface area contributed by atoms with E-state index in [4.69, 9.17) is 11.6 Å². The number of rotatable bonds is 2. The second-order valence-electron chi connectivity index (χ2n) is 6.45. The first-order chi connectivity index (χ1) is 13.0. The Kier molecular flexibility index (Phi) is 3.42. The molecule has 0 aliphatic carbocycles. The van der Waals surface area contributed by atoms with Crippen LogP contribution in [-0.2, 0) is 0 Å². The Morgan fingerprint density at radius 3 is 2.89 bits per heavy atom. The monoisotopic (exact) mass is 393 g/mol. The van der Waals surface area contributed by atoms with Crippen LogP contribution < -0.4 is 10.1 Å². The van der Waals surface area contributed by atoms with Gasteiger partial charge >= 0.3 is 6.61 Å². The van der Waals surface area contributed by atoms with E-state index in [2.05, 4.69) is 15.0 Å². The number of imidazole rings is 1. The molecular formula is C18H11ClF3N3O2. The van der Waals surface area contributed by atoms with Crippen LogP contribution in [0.25, 0.3) is 11.0 Å². The minimum absolute atomic E-state index is 0.00930. The number of aromatic nitrogens is 2. The molecular weight excluding hydrogens is 383 g/mol. The second kappa shape index (κ2) is 5.63. The second-order valence-corrected chi connectivity index (χ2v) is 6.85. The van der Waals surface area contributed by atoms with E-state index in [1.807, 2.05) is 28.8 Å². The first kappa shape index (κ1) is 16.4. The fourth-order valence-electron chi connectivity index (χ4n) is 4.00. The van der Waals surface area contributed by atoms with Gasteiger partial charge in [-0.1, -0.05) is 23.7 Å². The lowest BCUT2D eigenvalue weighted by Crippen LogP contribution is -2.28. The maximum absolute atomic E-state index is 15.2. The maximum atomic E-state index is 15.2. The Hall–Kier alpha value is -2.74. The molecule has 2 aliphatic heterocycles. The molecule has 1 aromatic heterocycles. The molecule has 1 amide bonds. The number of amides is 1. The summed E-state index contributed by atoms with van der Waals surface area (Å²) >= 11 is 5.91. The van der Waals surface area contributed by atoms with Crippen molar-refractivity contribution in [3.63, 3.8) is 0 Å². The van der Waals surface area contributed by atoms with E-state index >= 15 is 4.39 Å². The highest BCUT2D eigenvalue weighted by Crippen LogP contribution is 2.47. The van der Waals surface area contributed by atoms with Crippen molar-refractivity contribution in [3.05, 3.63) is 58.1 Å². The summed E-state index contributed by atoms with van der Waals surface area (Å²) in [6.45, 7) is -3.24. The number of benzene rings is 2. The SMILES string of the molecule is O=C1N[C@@H]2C[C@H](c3c1cc(Cl)c(OC(F)F)c3F)n1c2nc2ccccc21. The number of ether oxygens (including phenoxy) is 1. The first-order valence-corrected chi connectivity index (χ1v) is 8.58. The fourth-order valence-corrected chi connectivity index (χ4v) is 4.24. The third kappa shape index (κ3) is 2.26. The van der Waals surface area contributed by atoms with Crippen molar-refractivity contribution in [2.75, 3.05) is 0 Å². The summed E-state index contributed by atoms with van der Waals surface area (Å²) in [5.41, 5.74) is 1.47. The van der Waals surface area contributed by atoms with Gasteiger partial charge in [-0.3, -0.25) is 4.79 Å². The van der Waals surface area contributed by atoms with E-state index in [0.29, 0.717) is 17.8 Å². The standard InChI is InChI=1S/C18H11ClF3N3O2/c19-8-5-7-13(14(20)15(8)27-18(21)22)12-6-10(24-17(7)26)16-23-9-3-1-2-4-11(9)25(12)16/h1-5,10,12,18H,6H2,(H,24,26)/t10-,12-/m1/s1. The Balaban J connectivity index is 1.80. The number of nitrogens with one attached hydrogen (secondary N) is 1. The van der Waals surface area contributed by atoms with Gasteiger partial charge in [0, 0.05) is 11.1 Å². The number of hydrogen-bond acceptors (Lipinski definition) is 3. The summed E-state index contributed by atoms with van der Waals surface area (Å²) in [5, 5.41) is 2.44. The number of carbonyl (C=O) groups is 1. The smallest absolute Gasteiger partial charge is 0.387 e. The lowest BCUT2D eigenvalue weighted by atomic mass is 9.97. The van der Waals surface area contributed by atoms with Crippen LogP contribution in [-0.4, -0.2) is 22.1 Å². The molecule has 2 bridgehead atoms. The van der Waals surface area contributed by atoms with Gasteiger partial charge in [-0.2, -0.15) is 8.78 Å². The predicted octanol–water partition coefficient (Wildman–Crippen LogP) is 4.21. The van der Waals surface area contributed by atoms with Crippen molar-refractivity contribution in [1.82, 2.24) is 14.9 Å². The Morgan fingerprint density at radius 1 is 1.33 bits per heavy atom. The summed E-state index contributed by atoms with van der Waals surface area (Å²) in [6, 6.07) is 7.48. The Bertz CT molecular complexity index is 1110. The highest BCUT2D eigenvalue weighted by Gasteiger charge is 2.43. The van der Waals surface area contributed by atoms with Crippen molar-refractivity contribution >= 4 is 28.5 Å². The van der Waals surface area contributed by atoms with Gasteiger partial charge in [-0.15, -0.1) is 0 Å². The topological polar surface area (TPSA) is 56.1 Å². The van der Waals surface area contributed by atoms with Gasteiger partial charge in [-0.05, 0) is 24.6 Å². The minimum atomic E-state index is -3.24. The zero-order chi connectivity index (χ0) is 18.9. The van der Waals surface area contributed by atoms with Crippen LogP contribution in [0.3, 0.4) is 0 Å². The van der Waals surface area contributed by atoms with Crippen molar-refractivity contribution in [3.8, 4) is 5.75 Å². The molecule has 2 atom stereocenters. The molecule has 0 spiro atoms. The zero-order valence-corrected chi connectivity index (χ0v) is 14.3. The summed E-state index contributed by atoms with van der Waals surface area (Å²) in [4.78, 5) is 17.1. The normalized spacial score (nSPS) is 20.4. The molecule has 5 rings (SSSR count). The fraction of sp³-hybridized carbons (Fsp3) is 0.222. The number of para-hydroxylation sites is 2. The van der Waals surface area contributed by atoms with Gasteiger partial charge in [0.05, 0.1) is 28.1 Å². The lowest BCUT2D eigenvalue weighted by molar-refractivity contribution is -0.0522. The average Bonchev–Trinajstić information content (AvgIpc) is 3.11. The molecule has 1 N–H and O–H groups in total. The highest BCUT2D eigenvalue weighted by atomic mass is 35.5. The number of halogens is 4. The molecule has 27 heavy (non-hydrogen) atoms. The Labute approximate surface area is 155 Å². The zero-order valence-electron chi connectivity index (χ0n) is 13.5. The molecule has 2 aliphatic rings. The number of fused-ring (bicyclic) bond motifs is 9. The number of carbonyl (C=O) groups excluding carboxylic acids is 1. The molecule has 3 heterocycles. The van der Waals surface area contributed by atoms with Crippen LogP contribution in [0.15, 0.2) is 30.3 Å². The Morgan fingerprint density at radius 2 is 2.11 bits per heavy atom. The summed E-state index contributed by atoms with van der Waals surface area (Å²) in [7, 11) is 0. The van der Waals surface area contributed by atoms with Gasteiger partial charge in [0.1, 0.15) is 5.82 Å². The molecule has 2 aromatic carbocycles. The van der Waals surface area contributed by atoms with Gasteiger partial charge in [0.25, 0.3) is 5.91 Å². The van der Waals surface area contributed by atoms with Crippen LogP contribution in [0, 0.1) is 5.82 Å². The van der Waals surface area contributed by atoms with Crippen molar-refractivity contribution in [1.29, 1.82) is 0 Å². The molecule has 0 unspecified atom stereocenters. The molecule has 0 saturated heterocycles. The molecule has 0 radical (unpaired) electrons. The van der Waals surface area contributed by atoms with E-state index in [1.165, 1.54) is 6.07 Å². The summed E-state index contributed by atoms with van der Waals surface area (Å²) in [5.74, 6) is -1.73.